The topological polar surface area (TPSA) is 30.5 Å². The second-order valence-electron chi connectivity index (χ2n) is 3.61. The Morgan fingerprint density at radius 2 is 2.15 bits per heavy atom. The van der Waals surface area contributed by atoms with Gasteiger partial charge in [0, 0.05) is 32.4 Å². The van der Waals surface area contributed by atoms with Crippen LogP contribution in [-0.4, -0.2) is 39.0 Å². The highest BCUT2D eigenvalue weighted by Gasteiger charge is 2.16. The maximum Gasteiger partial charge on any atom is 0.0615 e. The van der Waals surface area contributed by atoms with Gasteiger partial charge >= 0.3 is 0 Å². The first-order valence-electron chi connectivity index (χ1n) is 5.19. The highest BCUT2D eigenvalue weighted by Crippen LogP contribution is 2.08. The van der Waals surface area contributed by atoms with E-state index in [1.165, 1.54) is 0 Å². The summed E-state index contributed by atoms with van der Waals surface area (Å²) in [5.41, 5.74) is 0. The summed E-state index contributed by atoms with van der Waals surface area (Å²) in [5.74, 6) is 0. The molecule has 3 heteroatoms. The first kappa shape index (κ1) is 11.0. The molecule has 0 bridgehead atoms. The van der Waals surface area contributed by atoms with Gasteiger partial charge in [0.2, 0.25) is 0 Å². The van der Waals surface area contributed by atoms with Crippen LogP contribution in [-0.2, 0) is 9.47 Å². The summed E-state index contributed by atoms with van der Waals surface area (Å²) in [7, 11) is 1.76. The smallest absolute Gasteiger partial charge is 0.0615 e. The fourth-order valence-electron chi connectivity index (χ4n) is 1.68. The normalized spacial score (nSPS) is 21.7. The molecule has 0 aromatic rings. The van der Waals surface area contributed by atoms with Gasteiger partial charge in [-0.2, -0.15) is 0 Å². The zero-order chi connectivity index (χ0) is 9.52. The van der Waals surface area contributed by atoms with Gasteiger partial charge in [0.25, 0.3) is 0 Å². The van der Waals surface area contributed by atoms with Crippen molar-refractivity contribution < 1.29 is 9.47 Å². The highest BCUT2D eigenvalue weighted by atomic mass is 16.5. The predicted octanol–water partition coefficient (Wildman–Crippen LogP) is 1.18. The number of methoxy groups -OCH3 is 1. The van der Waals surface area contributed by atoms with Gasteiger partial charge in [0.15, 0.2) is 0 Å². The van der Waals surface area contributed by atoms with E-state index in [0.717, 1.165) is 39.1 Å². The zero-order valence-corrected chi connectivity index (χ0v) is 8.71. The number of nitrogens with one attached hydrogen (secondary N) is 1. The molecule has 1 N–H and O–H groups in total. The molecule has 13 heavy (non-hydrogen) atoms. The first-order chi connectivity index (χ1) is 6.36. The van der Waals surface area contributed by atoms with E-state index in [2.05, 4.69) is 12.2 Å². The molecular formula is C10H21NO2. The van der Waals surface area contributed by atoms with E-state index in [-0.39, 0.29) is 0 Å². The van der Waals surface area contributed by atoms with Crippen LogP contribution < -0.4 is 5.32 Å². The quantitative estimate of drug-likeness (QED) is 0.701. The van der Waals surface area contributed by atoms with E-state index in [9.17, 15) is 0 Å². The van der Waals surface area contributed by atoms with E-state index in [1.807, 2.05) is 0 Å². The standard InChI is InChI=1S/C10H21NO2/c1-3-9(8-12-2)11-10-4-6-13-7-5-10/h9-11H,3-8H2,1-2H3. The molecule has 1 rings (SSSR count). The fourth-order valence-corrected chi connectivity index (χ4v) is 1.68. The lowest BCUT2D eigenvalue weighted by atomic mass is 10.1. The molecule has 1 heterocycles. The van der Waals surface area contributed by atoms with Gasteiger partial charge in [-0.1, -0.05) is 6.92 Å². The van der Waals surface area contributed by atoms with Crippen molar-refractivity contribution in [2.45, 2.75) is 38.3 Å². The molecule has 0 amide bonds. The second-order valence-corrected chi connectivity index (χ2v) is 3.61. The van der Waals surface area contributed by atoms with Crippen LogP contribution >= 0.6 is 0 Å². The molecule has 0 aromatic carbocycles. The van der Waals surface area contributed by atoms with Crippen molar-refractivity contribution in [2.75, 3.05) is 26.9 Å². The molecule has 1 unspecified atom stereocenters. The van der Waals surface area contributed by atoms with Crippen molar-refractivity contribution in [3.8, 4) is 0 Å². The van der Waals surface area contributed by atoms with E-state index in [0.29, 0.717) is 12.1 Å². The van der Waals surface area contributed by atoms with Crippen LogP contribution in [0.15, 0.2) is 0 Å². The van der Waals surface area contributed by atoms with E-state index < -0.39 is 0 Å². The van der Waals surface area contributed by atoms with Crippen LogP contribution in [0, 0.1) is 0 Å². The van der Waals surface area contributed by atoms with Gasteiger partial charge in [-0.05, 0) is 19.3 Å². The summed E-state index contributed by atoms with van der Waals surface area (Å²) < 4.78 is 10.4. The largest absolute Gasteiger partial charge is 0.383 e. The monoisotopic (exact) mass is 187 g/mol. The molecule has 1 aliphatic heterocycles. The summed E-state index contributed by atoms with van der Waals surface area (Å²) in [6.45, 7) is 4.81. The van der Waals surface area contributed by atoms with Crippen molar-refractivity contribution in [3.05, 3.63) is 0 Å². The van der Waals surface area contributed by atoms with Crippen LogP contribution in [0.1, 0.15) is 26.2 Å². The average molecular weight is 187 g/mol. The molecule has 0 spiro atoms. The van der Waals surface area contributed by atoms with Crippen LogP contribution in [0.2, 0.25) is 0 Å². The summed E-state index contributed by atoms with van der Waals surface area (Å²) >= 11 is 0. The van der Waals surface area contributed by atoms with Gasteiger partial charge in [0.1, 0.15) is 0 Å². The van der Waals surface area contributed by atoms with Gasteiger partial charge in [-0.25, -0.2) is 0 Å². The minimum atomic E-state index is 0.507. The number of ether oxygens (including phenoxy) is 2. The minimum Gasteiger partial charge on any atom is -0.383 e. The molecule has 1 atom stereocenters. The number of hydrogen-bond donors (Lipinski definition) is 1. The maximum absolute atomic E-state index is 5.30. The molecule has 1 fully saturated rings. The third-order valence-electron chi connectivity index (χ3n) is 2.55. The Morgan fingerprint density at radius 1 is 1.46 bits per heavy atom. The average Bonchev–Trinajstić information content (AvgIpc) is 2.19. The number of rotatable bonds is 5. The Kier molecular flexibility index (Phi) is 5.35. The molecule has 3 nitrogen and oxygen atoms in total. The third-order valence-corrected chi connectivity index (χ3v) is 2.55. The Morgan fingerprint density at radius 3 is 2.69 bits per heavy atom. The van der Waals surface area contributed by atoms with Crippen molar-refractivity contribution in [1.82, 2.24) is 5.32 Å². The summed E-state index contributed by atoms with van der Waals surface area (Å²) in [6.07, 6.45) is 3.41. The lowest BCUT2D eigenvalue weighted by Gasteiger charge is -2.27. The first-order valence-corrected chi connectivity index (χ1v) is 5.19. The Hall–Kier alpha value is -0.120. The zero-order valence-electron chi connectivity index (χ0n) is 8.71. The maximum atomic E-state index is 5.30. The Balaban J connectivity index is 2.18. The molecule has 0 aromatic heterocycles. The van der Waals surface area contributed by atoms with Crippen molar-refractivity contribution in [2.24, 2.45) is 0 Å². The number of hydrogen-bond acceptors (Lipinski definition) is 3. The SMILES string of the molecule is CCC(COC)NC1CCOCC1. The highest BCUT2D eigenvalue weighted by molar-refractivity contribution is 4.75. The van der Waals surface area contributed by atoms with Crippen LogP contribution in [0.25, 0.3) is 0 Å². The van der Waals surface area contributed by atoms with Crippen LogP contribution in [0.5, 0.6) is 0 Å². The van der Waals surface area contributed by atoms with Crippen molar-refractivity contribution >= 4 is 0 Å². The lowest BCUT2D eigenvalue weighted by Crippen LogP contribution is -2.43. The molecule has 0 radical (unpaired) electrons. The molecular weight excluding hydrogens is 166 g/mol. The molecule has 0 aliphatic carbocycles. The molecule has 78 valence electrons. The second kappa shape index (κ2) is 6.35. The Labute approximate surface area is 80.8 Å². The summed E-state index contributed by atoms with van der Waals surface area (Å²) in [4.78, 5) is 0. The predicted molar refractivity (Wildman–Crippen MR) is 52.9 cm³/mol. The van der Waals surface area contributed by atoms with Gasteiger partial charge in [0.05, 0.1) is 6.61 Å². The lowest BCUT2D eigenvalue weighted by molar-refractivity contribution is 0.0684. The van der Waals surface area contributed by atoms with E-state index in [1.54, 1.807) is 7.11 Å². The molecule has 1 saturated heterocycles. The van der Waals surface area contributed by atoms with Crippen LogP contribution in [0.4, 0.5) is 0 Å². The van der Waals surface area contributed by atoms with Gasteiger partial charge in [-0.3, -0.25) is 0 Å². The molecule has 0 saturated carbocycles. The van der Waals surface area contributed by atoms with E-state index in [4.69, 9.17) is 9.47 Å². The van der Waals surface area contributed by atoms with Gasteiger partial charge < -0.3 is 14.8 Å². The summed E-state index contributed by atoms with van der Waals surface area (Å²) in [6, 6.07) is 1.14. The Bertz CT molecular complexity index is 121. The third kappa shape index (κ3) is 4.07. The fraction of sp³-hybridized carbons (Fsp3) is 1.00. The van der Waals surface area contributed by atoms with Gasteiger partial charge in [-0.15, -0.1) is 0 Å². The minimum absolute atomic E-state index is 0.507. The molecule has 1 aliphatic rings. The van der Waals surface area contributed by atoms with E-state index >= 15 is 0 Å². The summed E-state index contributed by atoms with van der Waals surface area (Å²) in [5, 5.41) is 3.60. The van der Waals surface area contributed by atoms with Crippen molar-refractivity contribution in [3.63, 3.8) is 0 Å². The van der Waals surface area contributed by atoms with Crippen LogP contribution in [0.3, 0.4) is 0 Å². The van der Waals surface area contributed by atoms with Crippen molar-refractivity contribution in [1.29, 1.82) is 0 Å².